The second kappa shape index (κ2) is 15.6. The zero-order valence-electron chi connectivity index (χ0n) is 25.6. The van der Waals surface area contributed by atoms with Crippen molar-refractivity contribution in [3.63, 3.8) is 0 Å². The monoisotopic (exact) mass is 600 g/mol. The van der Waals surface area contributed by atoms with Crippen molar-refractivity contribution in [3.05, 3.63) is 0 Å². The molecule has 0 aliphatic rings. The molecule has 0 rings (SSSR count). The smallest absolute Gasteiger partial charge is 0.317 e. The summed E-state index contributed by atoms with van der Waals surface area (Å²) in [6.45, 7) is 26.7. The highest BCUT2D eigenvalue weighted by Crippen LogP contribution is 2.36. The quantitative estimate of drug-likeness (QED) is 0.148. The molecule has 0 fully saturated rings. The van der Waals surface area contributed by atoms with Gasteiger partial charge in [-0.05, 0) is 114 Å². The average Bonchev–Trinajstić information content (AvgIpc) is 2.56. The van der Waals surface area contributed by atoms with Crippen LogP contribution in [0.2, 0.25) is 77.1 Å². The van der Waals surface area contributed by atoms with E-state index >= 15 is 0 Å². The summed E-state index contributed by atoms with van der Waals surface area (Å²) in [6.07, 6.45) is 2.16. The van der Waals surface area contributed by atoms with Crippen LogP contribution >= 0.6 is 0 Å². The van der Waals surface area contributed by atoms with Gasteiger partial charge in [-0.15, -0.1) is 0 Å². The minimum Gasteiger partial charge on any atom is -0.437 e. The summed E-state index contributed by atoms with van der Waals surface area (Å²) >= 11 is 0. The van der Waals surface area contributed by atoms with Crippen molar-refractivity contribution in [1.82, 2.24) is 0 Å². The lowest BCUT2D eigenvalue weighted by molar-refractivity contribution is 0.241. The Kier molecular flexibility index (Phi) is 15.9. The van der Waals surface area contributed by atoms with Crippen LogP contribution in [0.1, 0.15) is 40.0 Å². The minimum atomic E-state index is -2.82. The van der Waals surface area contributed by atoms with E-state index in [-0.39, 0.29) is 25.7 Å². The normalized spacial score (nSPS) is 20.8. The van der Waals surface area contributed by atoms with E-state index in [2.05, 4.69) is 79.7 Å². The molecular weight excluding hydrogens is 541 g/mol. The van der Waals surface area contributed by atoms with Crippen LogP contribution in [-0.4, -0.2) is 77.5 Å². The van der Waals surface area contributed by atoms with Crippen LogP contribution in [0.25, 0.3) is 0 Å². The maximum absolute atomic E-state index is 9.63. The maximum Gasteiger partial charge on any atom is 0.317 e. The van der Waals surface area contributed by atoms with Crippen molar-refractivity contribution in [1.29, 1.82) is 0 Å². The first-order chi connectivity index (χ1) is 16.2. The van der Waals surface area contributed by atoms with E-state index in [1.807, 2.05) is 0 Å². The van der Waals surface area contributed by atoms with E-state index in [0.29, 0.717) is 18.3 Å². The fourth-order valence-electron chi connectivity index (χ4n) is 5.39. The molecule has 0 aromatic rings. The van der Waals surface area contributed by atoms with Crippen LogP contribution in [0, 0.1) is 17.8 Å². The van der Waals surface area contributed by atoms with Crippen molar-refractivity contribution < 1.29 is 31.8 Å². The Hall–Kier alpha value is 0.804. The van der Waals surface area contributed by atoms with Crippen molar-refractivity contribution in [2.45, 2.75) is 117 Å². The lowest BCUT2D eigenvalue weighted by Crippen LogP contribution is -2.62. The molecule has 7 nitrogen and oxygen atoms in total. The molecule has 0 aromatic heterocycles. The molecule has 5 unspecified atom stereocenters. The Morgan fingerprint density at radius 3 is 0.861 bits per heavy atom. The summed E-state index contributed by atoms with van der Waals surface area (Å²) in [4.78, 5) is 0. The molecule has 0 aromatic carbocycles. The molecule has 0 bridgehead atoms. The van der Waals surface area contributed by atoms with E-state index in [1.54, 1.807) is 0 Å². The van der Waals surface area contributed by atoms with Gasteiger partial charge in [-0.25, -0.2) is 0 Å². The van der Waals surface area contributed by atoms with E-state index < -0.39 is 42.3 Å². The summed E-state index contributed by atoms with van der Waals surface area (Å²) in [5, 5.41) is 28.7. The largest absolute Gasteiger partial charge is 0.437 e. The molecule has 3 N–H and O–H groups in total. The van der Waals surface area contributed by atoms with Gasteiger partial charge in [-0.1, -0.05) is 20.8 Å². The molecule has 0 saturated carbocycles. The molecule has 0 spiro atoms. The highest BCUT2D eigenvalue weighted by molar-refractivity contribution is 6.91. The fraction of sp³-hybridized carbons (Fsp3) is 1.00. The van der Waals surface area contributed by atoms with Crippen molar-refractivity contribution in [2.24, 2.45) is 17.8 Å². The Bertz CT molecular complexity index is 575. The van der Waals surface area contributed by atoms with Crippen molar-refractivity contribution in [2.75, 3.05) is 19.8 Å². The molecule has 0 saturated heterocycles. The molecule has 0 aliphatic carbocycles. The number of hydrogen-bond donors (Lipinski definition) is 3. The van der Waals surface area contributed by atoms with Gasteiger partial charge in [0, 0.05) is 19.8 Å². The van der Waals surface area contributed by atoms with Gasteiger partial charge >= 0.3 is 25.7 Å². The van der Waals surface area contributed by atoms with Gasteiger partial charge in [0.25, 0.3) is 0 Å². The molecule has 0 aliphatic heterocycles. The van der Waals surface area contributed by atoms with Gasteiger partial charge < -0.3 is 31.8 Å². The van der Waals surface area contributed by atoms with Crippen molar-refractivity contribution in [3.8, 4) is 0 Å². The van der Waals surface area contributed by atoms with Crippen LogP contribution in [-0.2, 0) is 16.5 Å². The number of rotatable bonds is 20. The summed E-state index contributed by atoms with van der Waals surface area (Å²) in [7, 11) is -12.0. The number of aliphatic hydroxyl groups is 3. The van der Waals surface area contributed by atoms with Gasteiger partial charge in [-0.2, -0.15) is 0 Å². The first-order valence-corrected chi connectivity index (χ1v) is 28.2. The van der Waals surface area contributed by atoms with E-state index in [0.717, 1.165) is 31.0 Å². The Morgan fingerprint density at radius 1 is 0.444 bits per heavy atom. The van der Waals surface area contributed by atoms with Gasteiger partial charge in [0.1, 0.15) is 0 Å². The van der Waals surface area contributed by atoms with Crippen LogP contribution in [0.4, 0.5) is 0 Å². The summed E-state index contributed by atoms with van der Waals surface area (Å²) < 4.78 is 28.1. The molecule has 218 valence electrons. The lowest BCUT2D eigenvalue weighted by atomic mass is 10.1. The van der Waals surface area contributed by atoms with Gasteiger partial charge in [0.15, 0.2) is 16.6 Å². The maximum atomic E-state index is 9.63. The third-order valence-electron chi connectivity index (χ3n) is 5.93. The number of aliphatic hydroxyl groups excluding tert-OH is 3. The van der Waals surface area contributed by atoms with Gasteiger partial charge in [0.2, 0.25) is 0 Å². The first-order valence-electron chi connectivity index (χ1n) is 13.8. The average molecular weight is 601 g/mol. The second-order valence-electron chi connectivity index (χ2n) is 13.5. The Balaban J connectivity index is 6.39. The zero-order valence-corrected chi connectivity index (χ0v) is 30.6. The highest BCUT2D eigenvalue weighted by atomic mass is 28.5. The van der Waals surface area contributed by atoms with Crippen LogP contribution < -0.4 is 0 Å². The van der Waals surface area contributed by atoms with Crippen LogP contribution in [0.15, 0.2) is 0 Å². The Morgan fingerprint density at radius 2 is 0.667 bits per heavy atom. The van der Waals surface area contributed by atoms with Crippen molar-refractivity contribution >= 4 is 42.3 Å². The third-order valence-corrected chi connectivity index (χ3v) is 25.5. The molecule has 5 atom stereocenters. The SMILES string of the molecule is CC(CCO)C[Si](C)(O[Si](C)(C)C)O[Si](C)(CC(C)CCO)O[Si](C)(CC(C)CCO)O[Si](C)(C)C. The first kappa shape index (κ1) is 36.8. The standard InChI is InChI=1S/C24H60O7Si5/c1-22(13-16-25)19-34(10,28-32(4,5)6)30-36(12,21-24(3)15-18-27)31-35(11,29-33(7,8)9)20-23(2)14-17-26/h22-27H,13-21H2,1-12H3. The molecule has 12 heteroatoms. The van der Waals surface area contributed by atoms with Crippen LogP contribution in [0.3, 0.4) is 0 Å². The Labute approximate surface area is 228 Å². The van der Waals surface area contributed by atoms with E-state index in [9.17, 15) is 15.3 Å². The summed E-state index contributed by atoms with van der Waals surface area (Å²) in [5.74, 6) is 0.844. The summed E-state index contributed by atoms with van der Waals surface area (Å²) in [6, 6.07) is 2.39. The number of hydrogen-bond acceptors (Lipinski definition) is 7. The molecule has 0 radical (unpaired) electrons. The zero-order chi connectivity index (χ0) is 28.4. The fourth-order valence-corrected chi connectivity index (χ4v) is 31.1. The second-order valence-corrected chi connectivity index (χ2v) is 33.2. The van der Waals surface area contributed by atoms with E-state index in [4.69, 9.17) is 16.5 Å². The topological polar surface area (TPSA) is 97.6 Å². The van der Waals surface area contributed by atoms with Gasteiger partial charge in [0.05, 0.1) is 0 Å². The predicted octanol–water partition coefficient (Wildman–Crippen LogP) is 5.99. The minimum absolute atomic E-state index is 0.146. The highest BCUT2D eigenvalue weighted by Gasteiger charge is 2.51. The van der Waals surface area contributed by atoms with Gasteiger partial charge in [-0.3, -0.25) is 0 Å². The summed E-state index contributed by atoms with van der Waals surface area (Å²) in [5.41, 5.74) is 0. The molecular formula is C24H60O7Si5. The van der Waals surface area contributed by atoms with Crippen LogP contribution in [0.5, 0.6) is 0 Å². The molecule has 36 heavy (non-hydrogen) atoms. The predicted molar refractivity (Wildman–Crippen MR) is 163 cm³/mol. The molecule has 0 amide bonds. The lowest BCUT2D eigenvalue weighted by Gasteiger charge is -2.46. The third kappa shape index (κ3) is 16.7. The van der Waals surface area contributed by atoms with E-state index in [1.165, 1.54) is 0 Å². The molecule has 0 heterocycles.